The van der Waals surface area contributed by atoms with Crippen molar-refractivity contribution in [3.05, 3.63) is 29.3 Å². The summed E-state index contributed by atoms with van der Waals surface area (Å²) in [6.07, 6.45) is -2.77. The van der Waals surface area contributed by atoms with Gasteiger partial charge in [-0.2, -0.15) is 0 Å². The average Bonchev–Trinajstić information content (AvgIpc) is 2.64. The highest BCUT2D eigenvalue weighted by atomic mass is 16.5. The maximum Gasteiger partial charge on any atom is 0.342 e. The van der Waals surface area contributed by atoms with Crippen molar-refractivity contribution in [1.82, 2.24) is 10.6 Å². The van der Waals surface area contributed by atoms with Crippen LogP contribution in [-0.4, -0.2) is 64.0 Å². The average molecular weight is 422 g/mol. The molecule has 0 spiro atoms. The zero-order valence-electron chi connectivity index (χ0n) is 17.4. The third-order valence-corrected chi connectivity index (χ3v) is 4.93. The van der Waals surface area contributed by atoms with Crippen LogP contribution in [0.2, 0.25) is 0 Å². The Morgan fingerprint density at radius 1 is 1.23 bits per heavy atom. The lowest BCUT2D eigenvalue weighted by Crippen LogP contribution is -2.50. The van der Waals surface area contributed by atoms with E-state index in [1.54, 1.807) is 12.1 Å². The zero-order chi connectivity index (χ0) is 22.4. The van der Waals surface area contributed by atoms with E-state index in [1.807, 2.05) is 13.8 Å². The van der Waals surface area contributed by atoms with Gasteiger partial charge in [0.2, 0.25) is 11.8 Å². The largest absolute Gasteiger partial charge is 0.507 e. The number of cyclic esters (lactones) is 1. The highest BCUT2D eigenvalue weighted by Gasteiger charge is 2.35. The Morgan fingerprint density at radius 3 is 2.57 bits per heavy atom. The molecule has 4 atom stereocenters. The van der Waals surface area contributed by atoms with Crippen LogP contribution in [0.15, 0.2) is 18.2 Å². The molecule has 1 aromatic rings. The van der Waals surface area contributed by atoms with Crippen molar-refractivity contribution in [3.63, 3.8) is 0 Å². The second kappa shape index (κ2) is 10.4. The van der Waals surface area contributed by atoms with E-state index in [0.717, 1.165) is 0 Å². The molecule has 5 N–H and O–H groups in total. The van der Waals surface area contributed by atoms with Crippen LogP contribution in [0.1, 0.15) is 49.5 Å². The van der Waals surface area contributed by atoms with Crippen LogP contribution in [-0.2, 0) is 20.7 Å². The number of phenols is 1. The molecule has 0 saturated heterocycles. The number of amides is 2. The predicted molar refractivity (Wildman–Crippen MR) is 108 cm³/mol. The third-order valence-electron chi connectivity index (χ3n) is 4.93. The number of aromatic hydroxyl groups is 1. The van der Waals surface area contributed by atoms with Crippen LogP contribution in [0, 0.1) is 5.92 Å². The lowest BCUT2D eigenvalue weighted by molar-refractivity contribution is -0.126. The van der Waals surface area contributed by atoms with Gasteiger partial charge in [-0.15, -0.1) is 0 Å². The van der Waals surface area contributed by atoms with Crippen molar-refractivity contribution < 1.29 is 34.4 Å². The molecule has 166 valence electrons. The summed E-state index contributed by atoms with van der Waals surface area (Å²) in [4.78, 5) is 35.8. The molecule has 2 amide bonds. The lowest BCUT2D eigenvalue weighted by atomic mass is 9.90. The third kappa shape index (κ3) is 6.43. The second-order valence-electron chi connectivity index (χ2n) is 8.04. The molecule has 0 bridgehead atoms. The van der Waals surface area contributed by atoms with Crippen molar-refractivity contribution in [3.8, 4) is 5.75 Å². The van der Waals surface area contributed by atoms with Gasteiger partial charge in [-0.25, -0.2) is 4.79 Å². The number of rotatable bonds is 9. The van der Waals surface area contributed by atoms with Crippen molar-refractivity contribution >= 4 is 17.8 Å². The fourth-order valence-corrected chi connectivity index (χ4v) is 3.46. The molecule has 1 aromatic carbocycles. The molecule has 0 aliphatic carbocycles. The molecule has 9 heteroatoms. The van der Waals surface area contributed by atoms with Crippen LogP contribution in [0.4, 0.5) is 0 Å². The molecule has 0 aromatic heterocycles. The fourth-order valence-electron chi connectivity index (χ4n) is 3.46. The molecular weight excluding hydrogens is 392 g/mol. The van der Waals surface area contributed by atoms with Crippen LogP contribution in [0.5, 0.6) is 5.75 Å². The predicted octanol–water partition coefficient (Wildman–Crippen LogP) is 0.253. The number of fused-ring (bicyclic) bond motifs is 1. The van der Waals surface area contributed by atoms with E-state index in [0.29, 0.717) is 18.4 Å². The SMILES string of the molecule is CC(=O)NC[C@H](O)[C@H](O)CC(=O)N[C@@H](CC(C)C)[C@@H]1Cc2cccc(O)c2C(=O)O1. The summed E-state index contributed by atoms with van der Waals surface area (Å²) in [5.41, 5.74) is 0.782. The van der Waals surface area contributed by atoms with Crippen LogP contribution in [0.3, 0.4) is 0 Å². The van der Waals surface area contributed by atoms with E-state index < -0.39 is 36.2 Å². The number of carbonyl (C=O) groups is 3. The number of aliphatic hydroxyl groups excluding tert-OH is 2. The van der Waals surface area contributed by atoms with Crippen molar-refractivity contribution in [2.24, 2.45) is 5.92 Å². The monoisotopic (exact) mass is 422 g/mol. The Kier molecular flexibility index (Phi) is 8.19. The molecule has 0 fully saturated rings. The molecule has 1 aliphatic rings. The number of hydrogen-bond donors (Lipinski definition) is 5. The lowest BCUT2D eigenvalue weighted by Gasteiger charge is -2.33. The van der Waals surface area contributed by atoms with E-state index in [9.17, 15) is 29.7 Å². The van der Waals surface area contributed by atoms with E-state index >= 15 is 0 Å². The van der Waals surface area contributed by atoms with E-state index in [-0.39, 0.29) is 36.1 Å². The van der Waals surface area contributed by atoms with E-state index in [2.05, 4.69) is 10.6 Å². The molecule has 0 unspecified atom stereocenters. The van der Waals surface area contributed by atoms with Gasteiger partial charge >= 0.3 is 5.97 Å². The van der Waals surface area contributed by atoms with Gasteiger partial charge in [-0.3, -0.25) is 9.59 Å². The van der Waals surface area contributed by atoms with E-state index in [4.69, 9.17) is 4.74 Å². The first-order valence-corrected chi connectivity index (χ1v) is 10.00. The maximum absolute atomic E-state index is 12.5. The minimum absolute atomic E-state index is 0.139. The summed E-state index contributed by atoms with van der Waals surface area (Å²) in [7, 11) is 0. The Labute approximate surface area is 175 Å². The van der Waals surface area contributed by atoms with Crippen molar-refractivity contribution in [2.75, 3.05) is 6.54 Å². The molecule has 30 heavy (non-hydrogen) atoms. The molecule has 0 radical (unpaired) electrons. The van der Waals surface area contributed by atoms with Gasteiger partial charge in [0.25, 0.3) is 0 Å². The number of nitrogens with one attached hydrogen (secondary N) is 2. The van der Waals surface area contributed by atoms with Gasteiger partial charge in [0.15, 0.2) is 0 Å². The number of aliphatic hydroxyl groups is 2. The number of esters is 1. The molecule has 1 heterocycles. The van der Waals surface area contributed by atoms with Crippen LogP contribution < -0.4 is 10.6 Å². The van der Waals surface area contributed by atoms with Crippen LogP contribution >= 0.6 is 0 Å². The highest BCUT2D eigenvalue weighted by molar-refractivity contribution is 5.95. The molecule has 0 saturated carbocycles. The Balaban J connectivity index is 2.05. The summed E-state index contributed by atoms with van der Waals surface area (Å²) in [6.45, 7) is 5.05. The summed E-state index contributed by atoms with van der Waals surface area (Å²) in [6, 6.07) is 4.30. The van der Waals surface area contributed by atoms with Crippen molar-refractivity contribution in [2.45, 2.75) is 64.4 Å². The fraction of sp³-hybridized carbons (Fsp3) is 0.571. The smallest absolute Gasteiger partial charge is 0.342 e. The minimum atomic E-state index is -1.36. The number of benzene rings is 1. The Bertz CT molecular complexity index is 781. The normalized spacial score (nSPS) is 18.7. The van der Waals surface area contributed by atoms with Gasteiger partial charge in [0.1, 0.15) is 17.4 Å². The molecule has 2 rings (SSSR count). The maximum atomic E-state index is 12.5. The van der Waals surface area contributed by atoms with Gasteiger partial charge in [-0.1, -0.05) is 26.0 Å². The summed E-state index contributed by atoms with van der Waals surface area (Å²) >= 11 is 0. The minimum Gasteiger partial charge on any atom is -0.507 e. The summed E-state index contributed by atoms with van der Waals surface area (Å²) in [5.74, 6) is -1.46. The van der Waals surface area contributed by atoms with E-state index in [1.165, 1.54) is 13.0 Å². The first-order valence-electron chi connectivity index (χ1n) is 10.00. The number of ether oxygens (including phenoxy) is 1. The van der Waals surface area contributed by atoms with Gasteiger partial charge in [0.05, 0.1) is 24.7 Å². The standard InChI is InChI=1S/C21H30N2O7/c1-11(2)7-14(23-19(28)9-16(26)17(27)10-22-12(3)24)18-8-13-5-4-6-15(25)20(13)21(29)30-18/h4-6,11,14,16-18,25-27H,7-10H2,1-3H3,(H,22,24)(H,23,28)/t14-,16+,17-,18-/m0/s1. The molecular formula is C21H30N2O7. The topological polar surface area (TPSA) is 145 Å². The van der Waals surface area contributed by atoms with Gasteiger partial charge in [-0.05, 0) is 24.0 Å². The van der Waals surface area contributed by atoms with Crippen molar-refractivity contribution in [1.29, 1.82) is 0 Å². The first-order chi connectivity index (χ1) is 14.1. The summed E-state index contributed by atoms with van der Waals surface area (Å²) < 4.78 is 5.50. The summed E-state index contributed by atoms with van der Waals surface area (Å²) in [5, 5.41) is 35.0. The Hall–Kier alpha value is -2.65. The van der Waals surface area contributed by atoms with Gasteiger partial charge in [0, 0.05) is 19.9 Å². The molecule has 9 nitrogen and oxygen atoms in total. The number of carbonyl (C=O) groups excluding carboxylic acids is 3. The zero-order valence-corrected chi connectivity index (χ0v) is 17.4. The number of hydrogen-bond acceptors (Lipinski definition) is 7. The molecule has 1 aliphatic heterocycles. The first kappa shape index (κ1) is 23.6. The van der Waals surface area contributed by atoms with Gasteiger partial charge < -0.3 is 30.7 Å². The van der Waals surface area contributed by atoms with Crippen LogP contribution in [0.25, 0.3) is 0 Å². The number of phenolic OH excluding ortho intramolecular Hbond substituents is 1. The second-order valence-corrected chi connectivity index (χ2v) is 8.04. The Morgan fingerprint density at radius 2 is 1.93 bits per heavy atom. The highest BCUT2D eigenvalue weighted by Crippen LogP contribution is 2.30. The quantitative estimate of drug-likeness (QED) is 0.359.